The summed E-state index contributed by atoms with van der Waals surface area (Å²) in [6, 6.07) is 10.5. The Hall–Kier alpha value is -1.76. The van der Waals surface area contributed by atoms with Gasteiger partial charge in [0.2, 0.25) is 0 Å². The number of allylic oxidation sites excluding steroid dienone is 2. The summed E-state index contributed by atoms with van der Waals surface area (Å²) in [6.07, 6.45) is 0.932. The van der Waals surface area contributed by atoms with Gasteiger partial charge in [0.1, 0.15) is 11.5 Å². The van der Waals surface area contributed by atoms with Gasteiger partial charge in [-0.25, -0.2) is 0 Å². The average molecular weight is 254 g/mol. The van der Waals surface area contributed by atoms with Crippen molar-refractivity contribution in [3.8, 4) is 11.1 Å². The van der Waals surface area contributed by atoms with Crippen molar-refractivity contribution in [2.75, 3.05) is 0 Å². The van der Waals surface area contributed by atoms with Crippen molar-refractivity contribution in [3.63, 3.8) is 0 Å². The zero-order valence-electron chi connectivity index (χ0n) is 12.5. The summed E-state index contributed by atoms with van der Waals surface area (Å²) in [6.45, 7) is 10.7. The van der Waals surface area contributed by atoms with Gasteiger partial charge in [-0.1, -0.05) is 42.8 Å². The molecule has 0 atom stereocenters. The van der Waals surface area contributed by atoms with E-state index in [2.05, 4.69) is 58.9 Å². The minimum Gasteiger partial charge on any atom is -0.461 e. The van der Waals surface area contributed by atoms with Crippen LogP contribution in [0.2, 0.25) is 0 Å². The fourth-order valence-corrected chi connectivity index (χ4v) is 2.34. The summed E-state index contributed by atoms with van der Waals surface area (Å²) < 4.78 is 6.11. The van der Waals surface area contributed by atoms with Gasteiger partial charge in [-0.2, -0.15) is 0 Å². The first-order valence-corrected chi connectivity index (χ1v) is 6.88. The van der Waals surface area contributed by atoms with Gasteiger partial charge in [-0.3, -0.25) is 0 Å². The Balaban J connectivity index is 2.72. The molecule has 1 nitrogen and oxygen atoms in total. The van der Waals surface area contributed by atoms with Gasteiger partial charge in [-0.05, 0) is 44.4 Å². The SMILES string of the molecule is CCc1oc(C(C)=C(C)C)c(-c2ccccc2)c1C. The van der Waals surface area contributed by atoms with Gasteiger partial charge in [0, 0.05) is 12.0 Å². The van der Waals surface area contributed by atoms with E-state index in [4.69, 9.17) is 4.42 Å². The van der Waals surface area contributed by atoms with E-state index in [1.807, 2.05) is 6.07 Å². The van der Waals surface area contributed by atoms with Crippen LogP contribution in [0.4, 0.5) is 0 Å². The van der Waals surface area contributed by atoms with E-state index in [0.29, 0.717) is 0 Å². The van der Waals surface area contributed by atoms with Crippen LogP contribution >= 0.6 is 0 Å². The molecule has 0 bridgehead atoms. The third-order valence-corrected chi connectivity index (χ3v) is 3.72. The van der Waals surface area contributed by atoms with Crippen molar-refractivity contribution < 1.29 is 4.42 Å². The van der Waals surface area contributed by atoms with Crippen LogP contribution in [-0.4, -0.2) is 0 Å². The predicted octanol–water partition coefficient (Wildman–Crippen LogP) is 5.63. The highest BCUT2D eigenvalue weighted by Crippen LogP contribution is 2.37. The molecule has 19 heavy (non-hydrogen) atoms. The van der Waals surface area contributed by atoms with E-state index in [-0.39, 0.29) is 0 Å². The molecule has 0 aliphatic rings. The second-order valence-electron chi connectivity index (χ2n) is 5.20. The molecule has 0 aliphatic carbocycles. The monoisotopic (exact) mass is 254 g/mol. The third-order valence-electron chi connectivity index (χ3n) is 3.72. The molecule has 0 spiro atoms. The number of benzene rings is 1. The van der Waals surface area contributed by atoms with E-state index in [9.17, 15) is 0 Å². The van der Waals surface area contributed by atoms with Crippen LogP contribution in [0.3, 0.4) is 0 Å². The van der Waals surface area contributed by atoms with Gasteiger partial charge in [0.05, 0.1) is 0 Å². The molecule has 1 aromatic carbocycles. The maximum atomic E-state index is 6.11. The summed E-state index contributed by atoms with van der Waals surface area (Å²) in [5, 5.41) is 0. The van der Waals surface area contributed by atoms with Gasteiger partial charge in [0.15, 0.2) is 0 Å². The van der Waals surface area contributed by atoms with E-state index < -0.39 is 0 Å². The van der Waals surface area contributed by atoms with Crippen molar-refractivity contribution in [1.82, 2.24) is 0 Å². The third kappa shape index (κ3) is 2.51. The molecular weight excluding hydrogens is 232 g/mol. The standard InChI is InChI=1S/C18H22O/c1-6-16-14(5)17(15-10-8-7-9-11-15)18(19-16)13(4)12(2)3/h7-11H,6H2,1-5H3. The molecule has 0 amide bonds. The van der Waals surface area contributed by atoms with E-state index in [1.165, 1.54) is 27.8 Å². The van der Waals surface area contributed by atoms with Crippen molar-refractivity contribution >= 4 is 5.57 Å². The van der Waals surface area contributed by atoms with Crippen molar-refractivity contribution in [3.05, 3.63) is 53.0 Å². The molecule has 1 heterocycles. The zero-order valence-corrected chi connectivity index (χ0v) is 12.5. The van der Waals surface area contributed by atoms with E-state index in [0.717, 1.165) is 17.9 Å². The molecule has 1 aromatic heterocycles. The van der Waals surface area contributed by atoms with Crippen molar-refractivity contribution in [1.29, 1.82) is 0 Å². The lowest BCUT2D eigenvalue weighted by molar-refractivity contribution is 0.502. The zero-order chi connectivity index (χ0) is 14.0. The second-order valence-corrected chi connectivity index (χ2v) is 5.20. The first-order chi connectivity index (χ1) is 9.06. The lowest BCUT2D eigenvalue weighted by Crippen LogP contribution is -1.86. The maximum Gasteiger partial charge on any atom is 0.137 e. The molecule has 0 fully saturated rings. The number of furan rings is 1. The molecule has 0 unspecified atom stereocenters. The summed E-state index contributed by atoms with van der Waals surface area (Å²) in [5.74, 6) is 2.12. The Morgan fingerprint density at radius 1 is 1.05 bits per heavy atom. The van der Waals surface area contributed by atoms with Crippen molar-refractivity contribution in [2.24, 2.45) is 0 Å². The predicted molar refractivity (Wildman–Crippen MR) is 82.2 cm³/mol. The molecular formula is C18H22O. The summed E-state index contributed by atoms with van der Waals surface area (Å²) in [5.41, 5.74) is 6.29. The highest BCUT2D eigenvalue weighted by Gasteiger charge is 2.18. The van der Waals surface area contributed by atoms with Crippen LogP contribution in [0, 0.1) is 6.92 Å². The molecule has 0 saturated heterocycles. The molecule has 2 aromatic rings. The van der Waals surface area contributed by atoms with E-state index in [1.54, 1.807) is 0 Å². The highest BCUT2D eigenvalue weighted by atomic mass is 16.3. The Labute approximate surface area is 116 Å². The molecule has 0 aliphatic heterocycles. The molecule has 0 saturated carbocycles. The normalized spacial score (nSPS) is 10.6. The Bertz CT molecular complexity index is 596. The number of aryl methyl sites for hydroxylation is 1. The minimum absolute atomic E-state index is 0.932. The number of rotatable bonds is 3. The van der Waals surface area contributed by atoms with Gasteiger partial charge in [0.25, 0.3) is 0 Å². The quantitative estimate of drug-likeness (QED) is 0.691. The lowest BCUT2D eigenvalue weighted by Gasteiger charge is -2.06. The van der Waals surface area contributed by atoms with Crippen molar-refractivity contribution in [2.45, 2.75) is 41.0 Å². The number of hydrogen-bond donors (Lipinski definition) is 0. The largest absolute Gasteiger partial charge is 0.461 e. The lowest BCUT2D eigenvalue weighted by atomic mass is 9.96. The Morgan fingerprint density at radius 2 is 1.68 bits per heavy atom. The van der Waals surface area contributed by atoms with Gasteiger partial charge >= 0.3 is 0 Å². The minimum atomic E-state index is 0.932. The molecule has 1 heteroatoms. The Kier molecular flexibility index (Phi) is 3.94. The first kappa shape index (κ1) is 13.7. The first-order valence-electron chi connectivity index (χ1n) is 6.88. The van der Waals surface area contributed by atoms with Crippen LogP contribution in [0.25, 0.3) is 16.7 Å². The van der Waals surface area contributed by atoms with E-state index >= 15 is 0 Å². The van der Waals surface area contributed by atoms with Crippen LogP contribution in [-0.2, 0) is 6.42 Å². The molecule has 0 radical (unpaired) electrons. The van der Waals surface area contributed by atoms with Crippen LogP contribution < -0.4 is 0 Å². The maximum absolute atomic E-state index is 6.11. The molecule has 100 valence electrons. The van der Waals surface area contributed by atoms with Crippen LogP contribution in [0.1, 0.15) is 44.8 Å². The van der Waals surface area contributed by atoms with Crippen LogP contribution in [0.15, 0.2) is 40.3 Å². The summed E-state index contributed by atoms with van der Waals surface area (Å²) in [7, 11) is 0. The number of hydrogen-bond acceptors (Lipinski definition) is 1. The fourth-order valence-electron chi connectivity index (χ4n) is 2.34. The van der Waals surface area contributed by atoms with Gasteiger partial charge < -0.3 is 4.42 Å². The average Bonchev–Trinajstić information content (AvgIpc) is 2.75. The topological polar surface area (TPSA) is 13.1 Å². The van der Waals surface area contributed by atoms with Gasteiger partial charge in [-0.15, -0.1) is 0 Å². The van der Waals surface area contributed by atoms with Crippen LogP contribution in [0.5, 0.6) is 0 Å². The summed E-state index contributed by atoms with van der Waals surface area (Å²) in [4.78, 5) is 0. The molecule has 0 N–H and O–H groups in total. The Morgan fingerprint density at radius 3 is 2.21 bits per heavy atom. The second kappa shape index (κ2) is 5.48. The summed E-state index contributed by atoms with van der Waals surface area (Å²) >= 11 is 0. The smallest absolute Gasteiger partial charge is 0.137 e. The fraction of sp³-hybridized carbons (Fsp3) is 0.333. The molecule has 2 rings (SSSR count). The highest BCUT2D eigenvalue weighted by molar-refractivity contribution is 5.81.